The van der Waals surface area contributed by atoms with Crippen molar-refractivity contribution in [2.24, 2.45) is 0 Å². The van der Waals surface area contributed by atoms with Crippen LogP contribution in [0.1, 0.15) is 35.7 Å². The van der Waals surface area contributed by atoms with Crippen molar-refractivity contribution in [3.8, 4) is 11.8 Å². The van der Waals surface area contributed by atoms with Gasteiger partial charge in [0, 0.05) is 12.0 Å². The Morgan fingerprint density at radius 3 is 3.00 bits per heavy atom. The van der Waals surface area contributed by atoms with Crippen LogP contribution in [0.25, 0.3) is 0 Å². The molecule has 0 saturated carbocycles. The Hall–Kier alpha value is -1.82. The number of ether oxygens (including phenoxy) is 1. The van der Waals surface area contributed by atoms with E-state index in [0.717, 1.165) is 24.0 Å². The van der Waals surface area contributed by atoms with Gasteiger partial charge in [0.25, 0.3) is 0 Å². The number of nitrogens with zero attached hydrogens (tertiary/aromatic N) is 1. The Labute approximate surface area is 94.6 Å². The van der Waals surface area contributed by atoms with Gasteiger partial charge < -0.3 is 4.74 Å². The molecule has 1 aliphatic rings. The highest BCUT2D eigenvalue weighted by atomic mass is 16.5. The number of fused-ring (bicyclic) bond motifs is 1. The van der Waals surface area contributed by atoms with Gasteiger partial charge in [0.2, 0.25) is 0 Å². The number of benzene rings is 1. The van der Waals surface area contributed by atoms with Crippen LogP contribution in [0.5, 0.6) is 5.75 Å². The van der Waals surface area contributed by atoms with Gasteiger partial charge in [0.15, 0.2) is 11.9 Å². The zero-order valence-electron chi connectivity index (χ0n) is 9.19. The lowest BCUT2D eigenvalue weighted by Gasteiger charge is -2.16. The van der Waals surface area contributed by atoms with Crippen LogP contribution in [0.3, 0.4) is 0 Å². The van der Waals surface area contributed by atoms with Gasteiger partial charge in [-0.2, -0.15) is 5.26 Å². The normalized spacial score (nSPS) is 16.1. The van der Waals surface area contributed by atoms with Crippen molar-refractivity contribution in [2.45, 2.75) is 32.3 Å². The van der Waals surface area contributed by atoms with Crippen molar-refractivity contribution >= 4 is 5.78 Å². The Kier molecular flexibility index (Phi) is 2.91. The summed E-state index contributed by atoms with van der Waals surface area (Å²) in [6.45, 7) is 1.70. The second kappa shape index (κ2) is 4.36. The Balaban J connectivity index is 2.26. The van der Waals surface area contributed by atoms with E-state index in [2.05, 4.69) is 0 Å². The third-order valence-electron chi connectivity index (χ3n) is 2.72. The lowest BCUT2D eigenvalue weighted by molar-refractivity contribution is 0.0972. The summed E-state index contributed by atoms with van der Waals surface area (Å²) < 4.78 is 5.39. The van der Waals surface area contributed by atoms with Crippen LogP contribution < -0.4 is 4.74 Å². The summed E-state index contributed by atoms with van der Waals surface area (Å²) in [6, 6.07) is 7.45. The maximum Gasteiger partial charge on any atom is 0.181 e. The summed E-state index contributed by atoms with van der Waals surface area (Å²) >= 11 is 0. The topological polar surface area (TPSA) is 50.1 Å². The summed E-state index contributed by atoms with van der Waals surface area (Å²) in [5, 5.41) is 8.65. The van der Waals surface area contributed by atoms with Gasteiger partial charge >= 0.3 is 0 Å². The molecule has 16 heavy (non-hydrogen) atoms. The number of carbonyl (C=O) groups is 1. The van der Waals surface area contributed by atoms with Crippen molar-refractivity contribution in [1.29, 1.82) is 5.26 Å². The number of carbonyl (C=O) groups excluding carboxylic acids is 1. The largest absolute Gasteiger partial charge is 0.476 e. The third kappa shape index (κ3) is 2.06. The van der Waals surface area contributed by atoms with Crippen molar-refractivity contribution in [1.82, 2.24) is 0 Å². The number of rotatable bonds is 2. The predicted octanol–water partition coefficient (Wildman–Crippen LogP) is 2.50. The molecule has 0 saturated heterocycles. The summed E-state index contributed by atoms with van der Waals surface area (Å²) in [5.74, 6) is 0.878. The van der Waals surface area contributed by atoms with E-state index in [1.54, 1.807) is 19.1 Å². The molecule has 0 bridgehead atoms. The smallest absolute Gasteiger partial charge is 0.181 e. The van der Waals surface area contributed by atoms with Crippen molar-refractivity contribution < 1.29 is 9.53 Å². The number of hydrogen-bond acceptors (Lipinski definition) is 3. The zero-order valence-corrected chi connectivity index (χ0v) is 9.19. The van der Waals surface area contributed by atoms with Gasteiger partial charge in [-0.05, 0) is 43.5 Å². The molecule has 3 heteroatoms. The van der Waals surface area contributed by atoms with Gasteiger partial charge in [-0.15, -0.1) is 0 Å². The fraction of sp³-hybridized carbons (Fsp3) is 0.385. The van der Waals surface area contributed by atoms with E-state index in [1.807, 2.05) is 12.1 Å². The second-order valence-corrected chi connectivity index (χ2v) is 3.98. The second-order valence-electron chi connectivity index (χ2n) is 3.98. The SMILES string of the molecule is CC(C#N)Oc1ccc2c(c1)CCCC2=O. The molecule has 1 unspecified atom stereocenters. The number of Topliss-reactive ketones (excluding diaryl/α,β-unsaturated/α-hetero) is 1. The Morgan fingerprint density at radius 2 is 2.25 bits per heavy atom. The Morgan fingerprint density at radius 1 is 1.44 bits per heavy atom. The summed E-state index contributed by atoms with van der Waals surface area (Å²) in [6.07, 6.45) is 2.00. The fourth-order valence-corrected chi connectivity index (χ4v) is 1.93. The molecule has 1 aromatic carbocycles. The van der Waals surface area contributed by atoms with E-state index in [-0.39, 0.29) is 5.78 Å². The quantitative estimate of drug-likeness (QED) is 0.761. The number of ketones is 1. The standard InChI is InChI=1S/C13H13NO2/c1-9(8-14)16-11-5-6-12-10(7-11)3-2-4-13(12)15/h5-7,9H,2-4H2,1H3. The molecule has 1 atom stereocenters. The minimum Gasteiger partial charge on any atom is -0.476 e. The van der Waals surface area contributed by atoms with Crippen LogP contribution in [0.2, 0.25) is 0 Å². The highest BCUT2D eigenvalue weighted by molar-refractivity contribution is 5.98. The molecule has 0 amide bonds. The van der Waals surface area contributed by atoms with Gasteiger partial charge in [0.1, 0.15) is 11.8 Å². The molecule has 82 valence electrons. The molecule has 0 fully saturated rings. The molecule has 0 aliphatic heterocycles. The van der Waals surface area contributed by atoms with E-state index in [0.29, 0.717) is 12.2 Å². The molecular weight excluding hydrogens is 202 g/mol. The van der Waals surface area contributed by atoms with E-state index in [4.69, 9.17) is 10.00 Å². The van der Waals surface area contributed by atoms with E-state index in [1.165, 1.54) is 0 Å². The molecule has 0 heterocycles. The van der Waals surface area contributed by atoms with Crippen LogP contribution in [0, 0.1) is 11.3 Å². The Bertz CT molecular complexity index is 459. The molecule has 1 aromatic rings. The fourth-order valence-electron chi connectivity index (χ4n) is 1.93. The van der Waals surface area contributed by atoms with Crippen LogP contribution in [0.15, 0.2) is 18.2 Å². The van der Waals surface area contributed by atoms with Gasteiger partial charge in [0.05, 0.1) is 0 Å². The summed E-state index contributed by atoms with van der Waals surface area (Å²) in [5.41, 5.74) is 1.85. The highest BCUT2D eigenvalue weighted by Crippen LogP contribution is 2.25. The minimum atomic E-state index is -0.461. The molecule has 0 aromatic heterocycles. The lowest BCUT2D eigenvalue weighted by Crippen LogP contribution is -2.12. The molecule has 0 spiro atoms. The molecule has 2 rings (SSSR count). The summed E-state index contributed by atoms with van der Waals surface area (Å²) in [7, 11) is 0. The first kappa shape index (κ1) is 10.7. The van der Waals surface area contributed by atoms with E-state index in [9.17, 15) is 4.79 Å². The van der Waals surface area contributed by atoms with E-state index < -0.39 is 6.10 Å². The maximum atomic E-state index is 11.6. The minimum absolute atomic E-state index is 0.209. The van der Waals surface area contributed by atoms with Gasteiger partial charge in [-0.1, -0.05) is 0 Å². The summed E-state index contributed by atoms with van der Waals surface area (Å²) in [4.78, 5) is 11.6. The monoisotopic (exact) mass is 215 g/mol. The van der Waals surface area contributed by atoms with Crippen molar-refractivity contribution in [2.75, 3.05) is 0 Å². The average Bonchev–Trinajstić information content (AvgIpc) is 2.29. The van der Waals surface area contributed by atoms with Crippen molar-refractivity contribution in [3.05, 3.63) is 29.3 Å². The van der Waals surface area contributed by atoms with Gasteiger partial charge in [-0.25, -0.2) is 0 Å². The first-order valence-corrected chi connectivity index (χ1v) is 5.43. The zero-order chi connectivity index (χ0) is 11.5. The van der Waals surface area contributed by atoms with Crippen LogP contribution in [0.4, 0.5) is 0 Å². The average molecular weight is 215 g/mol. The first-order valence-electron chi connectivity index (χ1n) is 5.43. The van der Waals surface area contributed by atoms with Crippen LogP contribution >= 0.6 is 0 Å². The molecule has 1 aliphatic carbocycles. The lowest BCUT2D eigenvalue weighted by atomic mass is 9.90. The van der Waals surface area contributed by atoms with Crippen molar-refractivity contribution in [3.63, 3.8) is 0 Å². The first-order chi connectivity index (χ1) is 7.70. The third-order valence-corrected chi connectivity index (χ3v) is 2.72. The predicted molar refractivity (Wildman–Crippen MR) is 59.4 cm³/mol. The highest BCUT2D eigenvalue weighted by Gasteiger charge is 2.17. The number of hydrogen-bond donors (Lipinski definition) is 0. The maximum absolute atomic E-state index is 11.6. The molecule has 0 radical (unpaired) electrons. The number of aryl methyl sites for hydroxylation is 1. The molecule has 0 N–H and O–H groups in total. The number of nitriles is 1. The molecular formula is C13H13NO2. The van der Waals surface area contributed by atoms with Gasteiger partial charge in [-0.3, -0.25) is 4.79 Å². The van der Waals surface area contributed by atoms with E-state index >= 15 is 0 Å². The van der Waals surface area contributed by atoms with Crippen LogP contribution in [-0.4, -0.2) is 11.9 Å². The van der Waals surface area contributed by atoms with Crippen LogP contribution in [-0.2, 0) is 6.42 Å². The molecule has 3 nitrogen and oxygen atoms in total.